The van der Waals surface area contributed by atoms with Gasteiger partial charge < -0.3 is 9.84 Å². The molecular weight excluding hydrogens is 344 g/mol. The Kier molecular flexibility index (Phi) is 5.13. The number of unbranched alkanes of at least 4 members (excludes halogenated alkanes) is 1. The molecule has 1 fully saturated rings. The molecule has 3 aromatic rings. The first-order chi connectivity index (χ1) is 13.2. The van der Waals surface area contributed by atoms with Crippen LogP contribution < -0.4 is 5.56 Å². The monoisotopic (exact) mass is 370 g/mol. The number of hydrogen-bond donors (Lipinski definition) is 1. The summed E-state index contributed by atoms with van der Waals surface area (Å²) in [6.45, 7) is 6.69. The minimum Gasteiger partial charge on any atom is -0.494 e. The Bertz CT molecular complexity index is 1000. The van der Waals surface area contributed by atoms with Gasteiger partial charge in [0.2, 0.25) is 11.7 Å². The van der Waals surface area contributed by atoms with Gasteiger partial charge in [0.05, 0.1) is 29.8 Å². The average molecular weight is 370 g/mol. The lowest BCUT2D eigenvalue weighted by Gasteiger charge is -2.27. The number of benzene rings is 1. The van der Waals surface area contributed by atoms with Crippen LogP contribution in [0.3, 0.4) is 0 Å². The van der Waals surface area contributed by atoms with Crippen molar-refractivity contribution >= 4 is 16.8 Å². The molecule has 0 atom stereocenters. The summed E-state index contributed by atoms with van der Waals surface area (Å²) in [5, 5.41) is 10.9. The number of morpholine rings is 1. The number of rotatable bonds is 6. The average Bonchev–Trinajstić information content (AvgIpc) is 3.08. The van der Waals surface area contributed by atoms with Crippen molar-refractivity contribution in [3.05, 3.63) is 40.2 Å². The Morgan fingerprint density at radius 3 is 2.74 bits per heavy atom. The third kappa shape index (κ3) is 3.33. The number of ether oxygens (including phenoxy) is 1. The van der Waals surface area contributed by atoms with E-state index in [1.54, 1.807) is 8.97 Å². The molecule has 1 N–H and O–H groups in total. The van der Waals surface area contributed by atoms with Crippen molar-refractivity contribution in [2.75, 3.05) is 32.8 Å². The molecule has 0 bridgehead atoms. The van der Waals surface area contributed by atoms with E-state index in [0.29, 0.717) is 24.3 Å². The van der Waals surface area contributed by atoms with Crippen molar-refractivity contribution in [3.8, 4) is 5.88 Å². The molecule has 27 heavy (non-hydrogen) atoms. The van der Waals surface area contributed by atoms with Crippen LogP contribution in [0.25, 0.3) is 16.8 Å². The molecule has 3 heterocycles. The van der Waals surface area contributed by atoms with Crippen LogP contribution in [0.15, 0.2) is 29.1 Å². The number of hydrogen-bond acceptors (Lipinski definition) is 5. The van der Waals surface area contributed by atoms with Gasteiger partial charge in [-0.05, 0) is 25.0 Å². The molecule has 7 nitrogen and oxygen atoms in total. The first-order valence-electron chi connectivity index (χ1n) is 9.72. The molecule has 0 radical (unpaired) electrons. The lowest BCUT2D eigenvalue weighted by molar-refractivity contribution is 0.0362. The van der Waals surface area contributed by atoms with Gasteiger partial charge in [0, 0.05) is 26.2 Å². The van der Waals surface area contributed by atoms with E-state index in [0.717, 1.165) is 56.7 Å². The third-order valence-corrected chi connectivity index (χ3v) is 5.30. The summed E-state index contributed by atoms with van der Waals surface area (Å²) in [5.74, 6) is 0.566. The van der Waals surface area contributed by atoms with Crippen molar-refractivity contribution in [1.29, 1.82) is 0 Å². The van der Waals surface area contributed by atoms with Crippen LogP contribution in [0.5, 0.6) is 5.88 Å². The highest BCUT2D eigenvalue weighted by Gasteiger charge is 2.20. The minimum absolute atomic E-state index is 0.0597. The Morgan fingerprint density at radius 2 is 1.96 bits per heavy atom. The summed E-state index contributed by atoms with van der Waals surface area (Å²) in [6.07, 6.45) is 2.40. The largest absolute Gasteiger partial charge is 0.494 e. The summed E-state index contributed by atoms with van der Waals surface area (Å²) >= 11 is 0. The fourth-order valence-corrected chi connectivity index (χ4v) is 3.73. The van der Waals surface area contributed by atoms with Gasteiger partial charge in [-0.2, -0.15) is 0 Å². The molecule has 4 rings (SSSR count). The van der Waals surface area contributed by atoms with Crippen molar-refractivity contribution in [2.24, 2.45) is 0 Å². The molecule has 0 amide bonds. The quantitative estimate of drug-likeness (QED) is 0.719. The fraction of sp³-hybridized carbons (Fsp3) is 0.500. The second-order valence-corrected chi connectivity index (χ2v) is 7.05. The van der Waals surface area contributed by atoms with E-state index in [-0.39, 0.29) is 11.4 Å². The van der Waals surface area contributed by atoms with E-state index in [1.165, 1.54) is 0 Å². The number of fused-ring (bicyclic) bond motifs is 3. The molecule has 0 unspecified atom stereocenters. The van der Waals surface area contributed by atoms with Crippen LogP contribution in [-0.4, -0.2) is 56.8 Å². The highest BCUT2D eigenvalue weighted by molar-refractivity contribution is 5.79. The molecule has 7 heteroatoms. The standard InChI is InChI=1S/C20H26N4O3/c1-2-3-6-15-18(25)23(10-9-22-11-13-27-14-12-22)20-21-16-7-4-5-8-17(16)24(20)19(15)26/h4-5,7-8,25H,2-3,6,9-14H2,1H3. The molecule has 1 aromatic carbocycles. The highest BCUT2D eigenvalue weighted by Crippen LogP contribution is 2.22. The molecule has 1 saturated heterocycles. The van der Waals surface area contributed by atoms with Crippen LogP contribution in [0.2, 0.25) is 0 Å². The maximum absolute atomic E-state index is 13.1. The van der Waals surface area contributed by atoms with Crippen molar-refractivity contribution < 1.29 is 9.84 Å². The van der Waals surface area contributed by atoms with E-state index in [9.17, 15) is 9.90 Å². The van der Waals surface area contributed by atoms with Gasteiger partial charge in [-0.3, -0.25) is 14.3 Å². The number of aromatic nitrogens is 3. The van der Waals surface area contributed by atoms with Gasteiger partial charge in [-0.15, -0.1) is 0 Å². The summed E-state index contributed by atoms with van der Waals surface area (Å²) in [5.41, 5.74) is 1.87. The molecule has 144 valence electrons. The van der Waals surface area contributed by atoms with Crippen LogP contribution in [0.1, 0.15) is 25.3 Å². The first kappa shape index (κ1) is 18.0. The Balaban J connectivity index is 1.82. The van der Waals surface area contributed by atoms with E-state index < -0.39 is 0 Å². The molecular formula is C20H26N4O3. The molecule has 1 aliphatic heterocycles. The second kappa shape index (κ2) is 7.70. The van der Waals surface area contributed by atoms with Crippen LogP contribution >= 0.6 is 0 Å². The zero-order valence-corrected chi connectivity index (χ0v) is 15.7. The molecule has 0 spiro atoms. The van der Waals surface area contributed by atoms with Gasteiger partial charge in [0.1, 0.15) is 0 Å². The lowest BCUT2D eigenvalue weighted by Crippen LogP contribution is -2.38. The Hall–Kier alpha value is -2.38. The van der Waals surface area contributed by atoms with Gasteiger partial charge in [-0.1, -0.05) is 25.5 Å². The predicted octanol–water partition coefficient (Wildman–Crippen LogP) is 2.03. The molecule has 2 aromatic heterocycles. The maximum Gasteiger partial charge on any atom is 0.266 e. The molecule has 1 aliphatic rings. The number of imidazole rings is 1. The van der Waals surface area contributed by atoms with Crippen LogP contribution in [0.4, 0.5) is 0 Å². The zero-order valence-electron chi connectivity index (χ0n) is 15.7. The topological polar surface area (TPSA) is 72.0 Å². The Labute approximate surface area is 157 Å². The van der Waals surface area contributed by atoms with E-state index in [1.807, 2.05) is 24.3 Å². The van der Waals surface area contributed by atoms with Gasteiger partial charge in [0.15, 0.2) is 0 Å². The van der Waals surface area contributed by atoms with Crippen molar-refractivity contribution in [1.82, 2.24) is 18.9 Å². The van der Waals surface area contributed by atoms with Crippen LogP contribution in [-0.2, 0) is 17.7 Å². The molecule has 0 saturated carbocycles. The number of aromatic hydroxyl groups is 1. The SMILES string of the molecule is CCCCc1c(O)n(CCN2CCOCC2)c2nc3ccccc3n2c1=O. The van der Waals surface area contributed by atoms with Gasteiger partial charge >= 0.3 is 0 Å². The van der Waals surface area contributed by atoms with E-state index in [4.69, 9.17) is 4.74 Å². The summed E-state index contributed by atoms with van der Waals surface area (Å²) in [6, 6.07) is 7.63. The summed E-state index contributed by atoms with van der Waals surface area (Å²) in [7, 11) is 0. The van der Waals surface area contributed by atoms with Crippen molar-refractivity contribution in [2.45, 2.75) is 32.7 Å². The Morgan fingerprint density at radius 1 is 1.19 bits per heavy atom. The zero-order chi connectivity index (χ0) is 18.8. The lowest BCUT2D eigenvalue weighted by atomic mass is 10.1. The van der Waals surface area contributed by atoms with E-state index in [2.05, 4.69) is 16.8 Å². The summed E-state index contributed by atoms with van der Waals surface area (Å²) < 4.78 is 8.85. The smallest absolute Gasteiger partial charge is 0.266 e. The predicted molar refractivity (Wildman–Crippen MR) is 104 cm³/mol. The fourth-order valence-electron chi connectivity index (χ4n) is 3.73. The third-order valence-electron chi connectivity index (χ3n) is 5.30. The van der Waals surface area contributed by atoms with Crippen LogP contribution in [0, 0.1) is 0 Å². The van der Waals surface area contributed by atoms with Gasteiger partial charge in [-0.25, -0.2) is 9.38 Å². The normalized spacial score (nSPS) is 15.7. The van der Waals surface area contributed by atoms with Crippen molar-refractivity contribution in [3.63, 3.8) is 0 Å². The first-order valence-corrected chi connectivity index (χ1v) is 9.72. The van der Waals surface area contributed by atoms with E-state index >= 15 is 0 Å². The maximum atomic E-state index is 13.1. The summed E-state index contributed by atoms with van der Waals surface area (Å²) in [4.78, 5) is 20.1. The number of para-hydroxylation sites is 2. The van der Waals surface area contributed by atoms with Gasteiger partial charge in [0.25, 0.3) is 5.56 Å². The number of nitrogens with zero attached hydrogens (tertiary/aromatic N) is 4. The molecule has 0 aliphatic carbocycles. The highest BCUT2D eigenvalue weighted by atomic mass is 16.5. The minimum atomic E-state index is -0.160. The second-order valence-electron chi connectivity index (χ2n) is 7.05.